The van der Waals surface area contributed by atoms with E-state index in [1.54, 1.807) is 37.4 Å². The van der Waals surface area contributed by atoms with Crippen LogP contribution < -0.4 is 14.5 Å². The number of benzene rings is 2. The third-order valence-corrected chi connectivity index (χ3v) is 5.12. The number of ether oxygens (including phenoxy) is 3. The minimum absolute atomic E-state index is 0.211. The Balaban J connectivity index is 2.26. The van der Waals surface area contributed by atoms with Crippen molar-refractivity contribution in [3.8, 4) is 11.5 Å². The molecule has 0 unspecified atom stereocenters. The molecule has 0 saturated heterocycles. The Hall–Kier alpha value is -2.70. The number of esters is 1. The lowest BCUT2D eigenvalue weighted by molar-refractivity contribution is -0.145. The highest BCUT2D eigenvalue weighted by Crippen LogP contribution is 2.35. The molecule has 0 fully saturated rings. The third kappa shape index (κ3) is 7.18. The maximum Gasteiger partial charge on any atom is 0.344 e. The molecule has 2 aromatic carbocycles. The summed E-state index contributed by atoms with van der Waals surface area (Å²) >= 11 is 13.0. The number of carbonyl (C=O) groups is 1. The fourth-order valence-corrected chi connectivity index (χ4v) is 3.49. The van der Waals surface area contributed by atoms with E-state index in [9.17, 15) is 4.79 Å². The molecule has 0 aliphatic carbocycles. The standard InChI is InChI=1S/C24H28Cl2N2O4/c1-5-8-11-27-28(6-2)22-13-17(9-10-23(22)30-4)12-19-20(25)14-18(15-21(19)26)32-16-24(29)31-7-3/h6,9-11,13-15H,2,5,7-8,12,16H2,1,3-4H3/b27-11-. The second kappa shape index (κ2) is 13.0. The Morgan fingerprint density at radius 3 is 2.50 bits per heavy atom. The fraction of sp³-hybridized carbons (Fsp3) is 0.333. The van der Waals surface area contributed by atoms with Crippen LogP contribution in [0.1, 0.15) is 37.8 Å². The molecule has 0 amide bonds. The number of rotatable bonds is 12. The molecule has 0 atom stereocenters. The van der Waals surface area contributed by atoms with E-state index in [0.717, 1.165) is 29.7 Å². The van der Waals surface area contributed by atoms with Crippen molar-refractivity contribution in [1.82, 2.24) is 0 Å². The first-order chi connectivity index (χ1) is 15.4. The van der Waals surface area contributed by atoms with Crippen LogP contribution in [0.4, 0.5) is 5.69 Å². The maximum atomic E-state index is 11.5. The van der Waals surface area contributed by atoms with E-state index in [4.69, 9.17) is 37.4 Å². The van der Waals surface area contributed by atoms with Crippen molar-refractivity contribution in [1.29, 1.82) is 0 Å². The number of methoxy groups -OCH3 is 1. The Labute approximate surface area is 199 Å². The first kappa shape index (κ1) is 25.6. The number of hydrogen-bond acceptors (Lipinski definition) is 6. The molecule has 2 aromatic rings. The molecule has 0 aliphatic rings. The molecule has 8 heteroatoms. The summed E-state index contributed by atoms with van der Waals surface area (Å²) in [5.41, 5.74) is 2.46. The maximum absolute atomic E-state index is 11.5. The molecule has 172 valence electrons. The number of hydrogen-bond donors (Lipinski definition) is 0. The van der Waals surface area contributed by atoms with Gasteiger partial charge in [0.05, 0.1) is 13.7 Å². The van der Waals surface area contributed by atoms with Crippen LogP contribution in [0, 0.1) is 0 Å². The number of carbonyl (C=O) groups excluding carboxylic acids is 1. The number of unbranched alkanes of at least 4 members (excludes halogenated alkanes) is 1. The van der Waals surface area contributed by atoms with Crippen molar-refractivity contribution in [2.24, 2.45) is 5.10 Å². The zero-order valence-corrected chi connectivity index (χ0v) is 20.1. The summed E-state index contributed by atoms with van der Waals surface area (Å²) in [6, 6.07) is 9.04. The van der Waals surface area contributed by atoms with Gasteiger partial charge < -0.3 is 14.2 Å². The predicted molar refractivity (Wildman–Crippen MR) is 130 cm³/mol. The van der Waals surface area contributed by atoms with Gasteiger partial charge in [0, 0.05) is 28.9 Å². The van der Waals surface area contributed by atoms with E-state index in [1.165, 1.54) is 0 Å². The van der Waals surface area contributed by atoms with Gasteiger partial charge in [-0.3, -0.25) is 0 Å². The van der Waals surface area contributed by atoms with E-state index in [1.807, 2.05) is 24.4 Å². The van der Waals surface area contributed by atoms with Crippen LogP contribution in [0.3, 0.4) is 0 Å². The lowest BCUT2D eigenvalue weighted by Crippen LogP contribution is -2.14. The second-order valence-corrected chi connectivity index (χ2v) is 7.57. The van der Waals surface area contributed by atoms with Crippen LogP contribution >= 0.6 is 23.2 Å². The summed E-state index contributed by atoms with van der Waals surface area (Å²) in [5.74, 6) is 0.612. The summed E-state index contributed by atoms with van der Waals surface area (Å²) in [6.45, 7) is 7.76. The molecule has 0 radical (unpaired) electrons. The first-order valence-corrected chi connectivity index (χ1v) is 11.1. The smallest absolute Gasteiger partial charge is 0.344 e. The van der Waals surface area contributed by atoms with Crippen molar-refractivity contribution >= 4 is 41.1 Å². The van der Waals surface area contributed by atoms with Gasteiger partial charge in [-0.25, -0.2) is 9.80 Å². The summed E-state index contributed by atoms with van der Waals surface area (Å²) in [5, 5.41) is 7.01. The normalized spacial score (nSPS) is 10.8. The van der Waals surface area contributed by atoms with E-state index in [0.29, 0.717) is 34.6 Å². The Morgan fingerprint density at radius 2 is 1.91 bits per heavy atom. The molecule has 0 bridgehead atoms. The topological polar surface area (TPSA) is 60.4 Å². The van der Waals surface area contributed by atoms with Gasteiger partial charge in [0.2, 0.25) is 0 Å². The second-order valence-electron chi connectivity index (χ2n) is 6.76. The van der Waals surface area contributed by atoms with Crippen LogP contribution in [0.5, 0.6) is 11.5 Å². The Morgan fingerprint density at radius 1 is 1.19 bits per heavy atom. The van der Waals surface area contributed by atoms with Crippen LogP contribution in [0.25, 0.3) is 0 Å². The van der Waals surface area contributed by atoms with Crippen molar-refractivity contribution in [3.63, 3.8) is 0 Å². The zero-order chi connectivity index (χ0) is 23.5. The van der Waals surface area contributed by atoms with Gasteiger partial charge in [-0.2, -0.15) is 5.10 Å². The number of nitrogens with zero attached hydrogens (tertiary/aromatic N) is 2. The molecular weight excluding hydrogens is 451 g/mol. The van der Waals surface area contributed by atoms with Crippen LogP contribution in [0.15, 0.2) is 48.2 Å². The van der Waals surface area contributed by atoms with Crippen molar-refractivity contribution in [2.75, 3.05) is 25.3 Å². The monoisotopic (exact) mass is 478 g/mol. The predicted octanol–water partition coefficient (Wildman–Crippen LogP) is 6.27. The third-order valence-electron chi connectivity index (χ3n) is 4.44. The molecular formula is C24H28Cl2N2O4. The van der Waals surface area contributed by atoms with Gasteiger partial charge in [0.15, 0.2) is 6.61 Å². The lowest BCUT2D eigenvalue weighted by atomic mass is 10.0. The quantitative estimate of drug-likeness (QED) is 0.204. The molecule has 0 spiro atoms. The SMILES string of the molecule is C=CN(/N=C\CCC)c1cc(Cc2c(Cl)cc(OCC(=O)OCC)cc2Cl)ccc1OC. The van der Waals surface area contributed by atoms with Gasteiger partial charge >= 0.3 is 5.97 Å². The van der Waals surface area contributed by atoms with Gasteiger partial charge in [-0.05, 0) is 48.7 Å². The first-order valence-electron chi connectivity index (χ1n) is 10.3. The van der Waals surface area contributed by atoms with E-state index in [2.05, 4.69) is 18.6 Å². The van der Waals surface area contributed by atoms with Crippen molar-refractivity contribution < 1.29 is 19.0 Å². The van der Waals surface area contributed by atoms with E-state index < -0.39 is 5.97 Å². The van der Waals surface area contributed by atoms with E-state index in [-0.39, 0.29) is 6.61 Å². The minimum Gasteiger partial charge on any atom is -0.494 e. The molecule has 0 saturated carbocycles. The highest BCUT2D eigenvalue weighted by Gasteiger charge is 2.15. The molecule has 32 heavy (non-hydrogen) atoms. The van der Waals surface area contributed by atoms with Crippen molar-refractivity contribution in [3.05, 3.63) is 64.3 Å². The lowest BCUT2D eigenvalue weighted by Gasteiger charge is -2.19. The highest BCUT2D eigenvalue weighted by molar-refractivity contribution is 6.36. The van der Waals surface area contributed by atoms with Gasteiger partial charge in [-0.15, -0.1) is 0 Å². The highest BCUT2D eigenvalue weighted by atomic mass is 35.5. The summed E-state index contributed by atoms with van der Waals surface area (Å²) in [4.78, 5) is 11.5. The molecule has 0 heterocycles. The largest absolute Gasteiger partial charge is 0.494 e. The van der Waals surface area contributed by atoms with Gasteiger partial charge in [0.1, 0.15) is 17.2 Å². The number of hydrazone groups is 1. The molecule has 0 aliphatic heterocycles. The molecule has 0 aromatic heterocycles. The Bertz CT molecular complexity index is 940. The van der Waals surface area contributed by atoms with Crippen LogP contribution in [-0.4, -0.2) is 32.5 Å². The zero-order valence-electron chi connectivity index (χ0n) is 18.6. The van der Waals surface area contributed by atoms with Gasteiger partial charge in [0.25, 0.3) is 0 Å². The van der Waals surface area contributed by atoms with Crippen LogP contribution in [0.2, 0.25) is 10.0 Å². The number of anilines is 1. The average Bonchev–Trinajstić information content (AvgIpc) is 2.78. The summed E-state index contributed by atoms with van der Waals surface area (Å²) in [7, 11) is 1.61. The number of halogens is 2. The average molecular weight is 479 g/mol. The molecule has 6 nitrogen and oxygen atoms in total. The summed E-state index contributed by atoms with van der Waals surface area (Å²) < 4.78 is 15.8. The molecule has 2 rings (SSSR count). The molecule has 0 N–H and O–H groups in total. The van der Waals surface area contributed by atoms with Crippen LogP contribution in [-0.2, 0) is 16.0 Å². The van der Waals surface area contributed by atoms with Gasteiger partial charge in [-0.1, -0.05) is 49.2 Å². The Kier molecular flexibility index (Phi) is 10.4. The minimum atomic E-state index is -0.456. The fourth-order valence-electron chi connectivity index (χ4n) is 2.89. The summed E-state index contributed by atoms with van der Waals surface area (Å²) in [6.07, 6.45) is 5.82. The van der Waals surface area contributed by atoms with Crippen molar-refractivity contribution in [2.45, 2.75) is 33.1 Å². The van der Waals surface area contributed by atoms with E-state index >= 15 is 0 Å².